The smallest absolute Gasteiger partial charge is 0.242 e. The molecule has 0 aliphatic rings. The zero-order chi connectivity index (χ0) is 19.8. The van der Waals surface area contributed by atoms with Crippen LogP contribution in [0.15, 0.2) is 42.5 Å². The molecule has 2 amide bonds. The predicted octanol–water partition coefficient (Wildman–Crippen LogP) is 2.64. The Morgan fingerprint density at radius 3 is 2.37 bits per heavy atom. The maximum absolute atomic E-state index is 12.5. The molecule has 0 aliphatic heterocycles. The molecule has 1 unspecified atom stereocenters. The van der Waals surface area contributed by atoms with Crippen molar-refractivity contribution >= 4 is 22.6 Å². The van der Waals surface area contributed by atoms with Gasteiger partial charge in [0.1, 0.15) is 6.04 Å². The monoisotopic (exact) mass is 369 g/mol. The average molecular weight is 370 g/mol. The van der Waals surface area contributed by atoms with Crippen molar-refractivity contribution in [3.05, 3.63) is 48.0 Å². The van der Waals surface area contributed by atoms with Crippen LogP contribution in [0.5, 0.6) is 0 Å². The van der Waals surface area contributed by atoms with Crippen molar-refractivity contribution < 1.29 is 9.59 Å². The van der Waals surface area contributed by atoms with Gasteiger partial charge in [0.2, 0.25) is 11.8 Å². The SMILES string of the molecule is CCN[C@H](C)CNC(=O)C(NC(=O)Cc1ccc2ccccc2c1)C(C)C. The van der Waals surface area contributed by atoms with Gasteiger partial charge in [0.25, 0.3) is 0 Å². The van der Waals surface area contributed by atoms with Gasteiger partial charge in [-0.15, -0.1) is 0 Å². The largest absolute Gasteiger partial charge is 0.353 e. The summed E-state index contributed by atoms with van der Waals surface area (Å²) >= 11 is 0. The van der Waals surface area contributed by atoms with E-state index in [4.69, 9.17) is 0 Å². The summed E-state index contributed by atoms with van der Waals surface area (Å²) in [7, 11) is 0. The van der Waals surface area contributed by atoms with Gasteiger partial charge < -0.3 is 16.0 Å². The van der Waals surface area contributed by atoms with Gasteiger partial charge in [-0.2, -0.15) is 0 Å². The molecule has 0 fully saturated rings. The zero-order valence-corrected chi connectivity index (χ0v) is 16.7. The van der Waals surface area contributed by atoms with Crippen LogP contribution in [0.25, 0.3) is 10.8 Å². The van der Waals surface area contributed by atoms with E-state index in [0.29, 0.717) is 6.54 Å². The molecule has 146 valence electrons. The fraction of sp³-hybridized carbons (Fsp3) is 0.455. The van der Waals surface area contributed by atoms with Crippen LogP contribution in [0.3, 0.4) is 0 Å². The molecule has 3 N–H and O–H groups in total. The first-order valence-electron chi connectivity index (χ1n) is 9.68. The second-order valence-corrected chi connectivity index (χ2v) is 7.35. The number of benzene rings is 2. The van der Waals surface area contributed by atoms with Gasteiger partial charge >= 0.3 is 0 Å². The highest BCUT2D eigenvalue weighted by atomic mass is 16.2. The van der Waals surface area contributed by atoms with Crippen LogP contribution in [-0.2, 0) is 16.0 Å². The highest BCUT2D eigenvalue weighted by Crippen LogP contribution is 2.16. The van der Waals surface area contributed by atoms with Crippen molar-refractivity contribution in [2.24, 2.45) is 5.92 Å². The number of carbonyl (C=O) groups is 2. The number of rotatable bonds is 9. The van der Waals surface area contributed by atoms with Crippen LogP contribution < -0.4 is 16.0 Å². The minimum absolute atomic E-state index is 0.0139. The molecule has 5 nitrogen and oxygen atoms in total. The molecule has 2 aromatic rings. The van der Waals surface area contributed by atoms with Crippen molar-refractivity contribution in [3.8, 4) is 0 Å². The molecule has 2 aromatic carbocycles. The summed E-state index contributed by atoms with van der Waals surface area (Å²) in [5.41, 5.74) is 0.940. The van der Waals surface area contributed by atoms with Crippen LogP contribution in [0, 0.1) is 5.92 Å². The molecule has 5 heteroatoms. The van der Waals surface area contributed by atoms with Gasteiger partial charge in [0.05, 0.1) is 6.42 Å². The van der Waals surface area contributed by atoms with E-state index in [-0.39, 0.29) is 30.2 Å². The molecular weight excluding hydrogens is 338 g/mol. The number of hydrogen-bond acceptors (Lipinski definition) is 3. The summed E-state index contributed by atoms with van der Waals surface area (Å²) in [5, 5.41) is 11.3. The van der Waals surface area contributed by atoms with Gasteiger partial charge in [-0.05, 0) is 35.7 Å². The lowest BCUT2D eigenvalue weighted by atomic mass is 10.0. The van der Waals surface area contributed by atoms with E-state index in [1.54, 1.807) is 0 Å². The third kappa shape index (κ3) is 6.36. The van der Waals surface area contributed by atoms with E-state index in [9.17, 15) is 9.59 Å². The van der Waals surface area contributed by atoms with Crippen LogP contribution >= 0.6 is 0 Å². The third-order valence-corrected chi connectivity index (χ3v) is 4.58. The van der Waals surface area contributed by atoms with Gasteiger partial charge in [-0.3, -0.25) is 9.59 Å². The molecule has 0 saturated carbocycles. The molecule has 2 rings (SSSR count). The van der Waals surface area contributed by atoms with Crippen molar-refractivity contribution in [1.29, 1.82) is 0 Å². The lowest BCUT2D eigenvalue weighted by Gasteiger charge is -2.23. The average Bonchev–Trinajstić information content (AvgIpc) is 2.64. The standard InChI is InChI=1S/C22H31N3O2/c1-5-23-16(4)14-24-22(27)21(15(2)3)25-20(26)13-17-10-11-18-8-6-7-9-19(18)12-17/h6-12,15-16,21,23H,5,13-14H2,1-4H3,(H,24,27)(H,25,26)/t16-,21?/m1/s1. The first kappa shape index (κ1) is 20.9. The maximum atomic E-state index is 12.5. The maximum Gasteiger partial charge on any atom is 0.242 e. The summed E-state index contributed by atoms with van der Waals surface area (Å²) in [6.07, 6.45) is 0.259. The number of amides is 2. The Morgan fingerprint density at radius 1 is 1.00 bits per heavy atom. The van der Waals surface area contributed by atoms with Gasteiger partial charge in [-0.25, -0.2) is 0 Å². The van der Waals surface area contributed by atoms with Crippen molar-refractivity contribution in [1.82, 2.24) is 16.0 Å². The van der Waals surface area contributed by atoms with Crippen LogP contribution in [0.2, 0.25) is 0 Å². The van der Waals surface area contributed by atoms with Crippen LogP contribution in [-0.4, -0.2) is 37.0 Å². The topological polar surface area (TPSA) is 70.2 Å². The van der Waals surface area contributed by atoms with E-state index >= 15 is 0 Å². The summed E-state index contributed by atoms with van der Waals surface area (Å²) < 4.78 is 0. The molecule has 0 radical (unpaired) electrons. The number of carbonyl (C=O) groups excluding carboxylic acids is 2. The second-order valence-electron chi connectivity index (χ2n) is 7.35. The van der Waals surface area contributed by atoms with Gasteiger partial charge in [-0.1, -0.05) is 63.2 Å². The van der Waals surface area contributed by atoms with E-state index < -0.39 is 6.04 Å². The van der Waals surface area contributed by atoms with Crippen molar-refractivity contribution in [3.63, 3.8) is 0 Å². The van der Waals surface area contributed by atoms with E-state index in [1.165, 1.54) is 0 Å². The lowest BCUT2D eigenvalue weighted by Crippen LogP contribution is -2.52. The fourth-order valence-corrected chi connectivity index (χ4v) is 3.08. The summed E-state index contributed by atoms with van der Waals surface area (Å²) in [6, 6.07) is 13.7. The summed E-state index contributed by atoms with van der Waals surface area (Å²) in [6.45, 7) is 9.32. The molecule has 0 spiro atoms. The quantitative estimate of drug-likeness (QED) is 0.636. The molecule has 0 aliphatic carbocycles. The Morgan fingerprint density at radius 2 is 1.70 bits per heavy atom. The normalized spacial score (nSPS) is 13.4. The highest BCUT2D eigenvalue weighted by Gasteiger charge is 2.24. The highest BCUT2D eigenvalue weighted by molar-refractivity contribution is 5.89. The minimum Gasteiger partial charge on any atom is -0.353 e. The number of fused-ring (bicyclic) bond motifs is 1. The Bertz CT molecular complexity index is 773. The van der Waals surface area contributed by atoms with Gasteiger partial charge in [0.15, 0.2) is 0 Å². The fourth-order valence-electron chi connectivity index (χ4n) is 3.08. The first-order valence-corrected chi connectivity index (χ1v) is 9.68. The number of nitrogens with one attached hydrogen (secondary N) is 3. The van der Waals surface area contributed by atoms with E-state index in [2.05, 4.69) is 16.0 Å². The number of likely N-dealkylation sites (N-methyl/N-ethyl adjacent to an activating group) is 1. The molecule has 0 heterocycles. The molecule has 0 bridgehead atoms. The second kappa shape index (κ2) is 10.1. The minimum atomic E-state index is -0.535. The Labute approximate surface area is 161 Å². The third-order valence-electron chi connectivity index (χ3n) is 4.58. The van der Waals surface area contributed by atoms with Crippen molar-refractivity contribution in [2.45, 2.75) is 46.2 Å². The first-order chi connectivity index (χ1) is 12.9. The molecular formula is C22H31N3O2. The van der Waals surface area contributed by atoms with Gasteiger partial charge in [0, 0.05) is 12.6 Å². The van der Waals surface area contributed by atoms with Crippen LogP contribution in [0.1, 0.15) is 33.3 Å². The zero-order valence-electron chi connectivity index (χ0n) is 16.7. The predicted molar refractivity (Wildman–Crippen MR) is 111 cm³/mol. The molecule has 2 atom stereocenters. The summed E-state index contributed by atoms with van der Waals surface area (Å²) in [5.74, 6) is -0.263. The Kier molecular flexibility index (Phi) is 7.80. The van der Waals surface area contributed by atoms with Crippen LogP contribution in [0.4, 0.5) is 0 Å². The number of hydrogen-bond donors (Lipinski definition) is 3. The van der Waals surface area contributed by atoms with E-state index in [1.807, 2.05) is 70.2 Å². The van der Waals surface area contributed by atoms with Crippen molar-refractivity contribution in [2.75, 3.05) is 13.1 Å². The summed E-state index contributed by atoms with van der Waals surface area (Å²) in [4.78, 5) is 25.0. The Hall–Kier alpha value is -2.40. The molecule has 27 heavy (non-hydrogen) atoms. The lowest BCUT2D eigenvalue weighted by molar-refractivity contribution is -0.129. The Balaban J connectivity index is 1.95. The molecule has 0 saturated heterocycles. The molecule has 0 aromatic heterocycles. The van der Waals surface area contributed by atoms with E-state index in [0.717, 1.165) is 22.9 Å².